The average Bonchev–Trinajstić information content (AvgIpc) is 1.98. The largest absolute Gasteiger partial charge is 0.510 e. The fraction of sp³-hybridized carbons (Fsp3) is 0.636. The molecule has 92 valence electrons. The van der Waals surface area contributed by atoms with Gasteiger partial charge < -0.3 is 15.2 Å². The van der Waals surface area contributed by atoms with Gasteiger partial charge in [-0.1, -0.05) is 0 Å². The minimum atomic E-state index is -0.654. The molecule has 0 saturated carbocycles. The number of hydrogen-bond acceptors (Lipinski definition) is 4. The summed E-state index contributed by atoms with van der Waals surface area (Å²) >= 11 is 0. The molecule has 0 aromatic carbocycles. The van der Waals surface area contributed by atoms with Crippen LogP contribution in [0.25, 0.3) is 0 Å². The molecule has 1 amide bonds. The Bertz CT molecular complexity index is 302. The van der Waals surface area contributed by atoms with Gasteiger partial charge in [-0.05, 0) is 34.6 Å². The molecule has 0 radical (unpaired) electrons. The normalized spacial score (nSPS) is 14.2. The predicted molar refractivity (Wildman–Crippen MR) is 60.2 cm³/mol. The predicted octanol–water partition coefficient (Wildman–Crippen LogP) is 1.93. The fourth-order valence-electron chi connectivity index (χ4n) is 0.892. The van der Waals surface area contributed by atoms with Gasteiger partial charge in [-0.2, -0.15) is 0 Å². The third-order valence-electron chi connectivity index (χ3n) is 1.53. The fourth-order valence-corrected chi connectivity index (χ4v) is 0.892. The lowest BCUT2D eigenvalue weighted by atomic mass is 10.2. The molecule has 0 spiro atoms. The molecule has 5 nitrogen and oxygen atoms in total. The van der Waals surface area contributed by atoms with Crippen molar-refractivity contribution in [1.82, 2.24) is 5.32 Å². The lowest BCUT2D eigenvalue weighted by Gasteiger charge is -2.21. The summed E-state index contributed by atoms with van der Waals surface area (Å²) in [6, 6.07) is -0.654. The van der Waals surface area contributed by atoms with Crippen LogP contribution in [0.3, 0.4) is 0 Å². The zero-order valence-corrected chi connectivity index (χ0v) is 10.3. The van der Waals surface area contributed by atoms with E-state index in [-0.39, 0.29) is 11.5 Å². The van der Waals surface area contributed by atoms with E-state index in [1.807, 2.05) is 0 Å². The summed E-state index contributed by atoms with van der Waals surface area (Å²) in [6.45, 7) is 8.09. The van der Waals surface area contributed by atoms with Gasteiger partial charge in [0.05, 0.1) is 6.04 Å². The van der Waals surface area contributed by atoms with E-state index in [1.165, 1.54) is 6.92 Å². The van der Waals surface area contributed by atoms with E-state index in [2.05, 4.69) is 5.32 Å². The molecule has 16 heavy (non-hydrogen) atoms. The Labute approximate surface area is 95.5 Å². The molecule has 0 heterocycles. The molecule has 0 bridgehead atoms. The topological polar surface area (TPSA) is 75.6 Å². The molecule has 0 saturated heterocycles. The van der Waals surface area contributed by atoms with Crippen LogP contribution in [-0.4, -0.2) is 28.6 Å². The first-order valence-corrected chi connectivity index (χ1v) is 5.02. The monoisotopic (exact) mass is 229 g/mol. The van der Waals surface area contributed by atoms with Gasteiger partial charge in [0.25, 0.3) is 0 Å². The smallest absolute Gasteiger partial charge is 0.408 e. The minimum absolute atomic E-state index is 0.196. The van der Waals surface area contributed by atoms with Crippen LogP contribution in [0.1, 0.15) is 34.6 Å². The highest BCUT2D eigenvalue weighted by atomic mass is 16.6. The van der Waals surface area contributed by atoms with Gasteiger partial charge in [0.2, 0.25) is 0 Å². The van der Waals surface area contributed by atoms with Crippen LogP contribution in [0.2, 0.25) is 0 Å². The van der Waals surface area contributed by atoms with Crippen molar-refractivity contribution in [3.8, 4) is 0 Å². The van der Waals surface area contributed by atoms with Gasteiger partial charge >= 0.3 is 6.09 Å². The summed E-state index contributed by atoms with van der Waals surface area (Å²) in [4.78, 5) is 22.0. The number of ketones is 1. The third-order valence-corrected chi connectivity index (χ3v) is 1.53. The van der Waals surface area contributed by atoms with Crippen molar-refractivity contribution in [2.75, 3.05) is 0 Å². The van der Waals surface area contributed by atoms with Crippen molar-refractivity contribution in [1.29, 1.82) is 0 Å². The molecule has 2 N–H and O–H groups in total. The minimum Gasteiger partial charge on any atom is -0.510 e. The van der Waals surface area contributed by atoms with E-state index in [4.69, 9.17) is 4.74 Å². The second kappa shape index (κ2) is 5.53. The molecule has 1 atom stereocenters. The Balaban J connectivity index is 4.30. The van der Waals surface area contributed by atoms with Crippen molar-refractivity contribution in [2.45, 2.75) is 46.3 Å². The number of amides is 1. The van der Waals surface area contributed by atoms with E-state index in [0.29, 0.717) is 0 Å². The first kappa shape index (κ1) is 14.5. The maximum absolute atomic E-state index is 11.3. The Morgan fingerprint density at radius 1 is 1.38 bits per heavy atom. The van der Waals surface area contributed by atoms with Crippen molar-refractivity contribution in [2.24, 2.45) is 0 Å². The van der Waals surface area contributed by atoms with Crippen molar-refractivity contribution >= 4 is 11.9 Å². The second-order valence-corrected chi connectivity index (χ2v) is 4.55. The van der Waals surface area contributed by atoms with Crippen molar-refractivity contribution < 1.29 is 19.4 Å². The zero-order valence-electron chi connectivity index (χ0n) is 10.3. The number of carbonyl (C=O) groups is 2. The number of hydrogen-bond donors (Lipinski definition) is 2. The Kier molecular flexibility index (Phi) is 5.01. The lowest BCUT2D eigenvalue weighted by Crippen LogP contribution is -2.38. The molecule has 0 fully saturated rings. The standard InChI is InChI=1S/C11H19NO4/c1-7(13)6-9(14)8(2)12-10(15)16-11(3,4)5/h6,8,14H,1-5H3,(H,12,15)/b9-6-/t8-/m1/s1. The first-order chi connectivity index (χ1) is 7.11. The molecule has 0 aliphatic carbocycles. The van der Waals surface area contributed by atoms with Crippen molar-refractivity contribution in [3.63, 3.8) is 0 Å². The molecule has 5 heteroatoms. The molecular formula is C11H19NO4. The molecule has 0 rings (SSSR count). The Hall–Kier alpha value is -1.52. The number of aliphatic hydroxyl groups excluding tert-OH is 1. The summed E-state index contributed by atoms with van der Waals surface area (Å²) in [5, 5.41) is 11.8. The number of aliphatic hydroxyl groups is 1. The summed E-state index contributed by atoms with van der Waals surface area (Å²) in [5.41, 5.74) is -0.594. The molecular weight excluding hydrogens is 210 g/mol. The second-order valence-electron chi connectivity index (χ2n) is 4.55. The lowest BCUT2D eigenvalue weighted by molar-refractivity contribution is -0.112. The van der Waals surface area contributed by atoms with E-state index < -0.39 is 17.7 Å². The number of carbonyl (C=O) groups excluding carboxylic acids is 2. The number of rotatable bonds is 3. The summed E-state index contributed by atoms with van der Waals surface area (Å²) in [7, 11) is 0. The zero-order chi connectivity index (χ0) is 12.9. The number of nitrogens with one attached hydrogen (secondary N) is 1. The summed E-state index contributed by atoms with van der Waals surface area (Å²) < 4.78 is 4.99. The molecule has 0 aromatic heterocycles. The van der Waals surface area contributed by atoms with Crippen LogP contribution >= 0.6 is 0 Å². The van der Waals surface area contributed by atoms with E-state index in [9.17, 15) is 14.7 Å². The maximum atomic E-state index is 11.3. The van der Waals surface area contributed by atoms with Gasteiger partial charge in [-0.25, -0.2) is 4.79 Å². The number of ether oxygens (including phenoxy) is 1. The van der Waals surface area contributed by atoms with E-state index >= 15 is 0 Å². The van der Waals surface area contributed by atoms with Gasteiger partial charge in [0.15, 0.2) is 5.78 Å². The highest BCUT2D eigenvalue weighted by Gasteiger charge is 2.19. The summed E-state index contributed by atoms with van der Waals surface area (Å²) in [6.07, 6.45) is 0.422. The average molecular weight is 229 g/mol. The van der Waals surface area contributed by atoms with Crippen LogP contribution in [-0.2, 0) is 9.53 Å². The molecule has 0 aromatic rings. The van der Waals surface area contributed by atoms with Gasteiger partial charge in [-0.3, -0.25) is 4.79 Å². The van der Waals surface area contributed by atoms with Gasteiger partial charge in [-0.15, -0.1) is 0 Å². The maximum Gasteiger partial charge on any atom is 0.408 e. The van der Waals surface area contributed by atoms with Crippen LogP contribution in [0, 0.1) is 0 Å². The Morgan fingerprint density at radius 3 is 2.25 bits per heavy atom. The highest BCUT2D eigenvalue weighted by Crippen LogP contribution is 2.07. The van der Waals surface area contributed by atoms with Crippen LogP contribution in [0.4, 0.5) is 4.79 Å². The van der Waals surface area contributed by atoms with Crippen molar-refractivity contribution in [3.05, 3.63) is 11.8 Å². The van der Waals surface area contributed by atoms with Gasteiger partial charge in [0, 0.05) is 6.08 Å². The van der Waals surface area contributed by atoms with Gasteiger partial charge in [0.1, 0.15) is 11.4 Å². The third kappa shape index (κ3) is 6.86. The SMILES string of the molecule is CC(=O)/C=C(\O)[C@@H](C)NC(=O)OC(C)(C)C. The van der Waals surface area contributed by atoms with Crippen LogP contribution < -0.4 is 5.32 Å². The van der Waals surface area contributed by atoms with Crippen LogP contribution in [0.15, 0.2) is 11.8 Å². The molecule has 0 aliphatic rings. The first-order valence-electron chi connectivity index (χ1n) is 5.02. The van der Waals surface area contributed by atoms with E-state index in [1.54, 1.807) is 27.7 Å². The number of allylic oxidation sites excluding steroid dienone is 1. The molecule has 0 aliphatic heterocycles. The number of alkyl carbamates (subject to hydrolysis) is 1. The summed E-state index contributed by atoms with van der Waals surface area (Å²) in [5.74, 6) is -0.478. The Morgan fingerprint density at radius 2 is 1.88 bits per heavy atom. The van der Waals surface area contributed by atoms with E-state index in [0.717, 1.165) is 6.08 Å². The highest BCUT2D eigenvalue weighted by molar-refractivity contribution is 5.87. The molecule has 0 unspecified atom stereocenters. The van der Waals surface area contributed by atoms with Crippen LogP contribution in [0.5, 0.6) is 0 Å². The quantitative estimate of drug-likeness (QED) is 0.572.